The Hall–Kier alpha value is -0.790. The van der Waals surface area contributed by atoms with Crippen LogP contribution < -0.4 is 0 Å². The van der Waals surface area contributed by atoms with Gasteiger partial charge in [-0.05, 0) is 6.07 Å². The molecule has 0 aliphatic heterocycles. The summed E-state index contributed by atoms with van der Waals surface area (Å²) in [5.74, 6) is 0. The van der Waals surface area contributed by atoms with E-state index in [1.165, 1.54) is 0 Å². The van der Waals surface area contributed by atoms with Crippen LogP contribution in [0.15, 0.2) is 12.3 Å². The smallest absolute Gasteiger partial charge is 0.101 e. The van der Waals surface area contributed by atoms with Gasteiger partial charge in [0, 0.05) is 13.1 Å². The second kappa shape index (κ2) is 1.37. The van der Waals surface area contributed by atoms with E-state index in [-0.39, 0.29) is 0 Å². The summed E-state index contributed by atoms with van der Waals surface area (Å²) in [4.78, 5) is 0. The van der Waals surface area contributed by atoms with Gasteiger partial charge in [0.15, 0.2) is 0 Å². The molecule has 0 bridgehead atoms. The molecule has 0 N–H and O–H groups in total. The summed E-state index contributed by atoms with van der Waals surface area (Å²) in [6, 6.07) is 1.62. The first-order valence-corrected chi connectivity index (χ1v) is 1.85. The molecule has 0 amide bonds. The maximum Gasteiger partial charge on any atom is 0.101 e. The fourth-order valence-electron chi connectivity index (χ4n) is 0.353. The second-order valence-corrected chi connectivity index (χ2v) is 1.22. The number of hydrogen-bond acceptors (Lipinski definition) is 1. The molecule has 4 radical (unpaired) electrons. The number of aromatic nitrogens is 2. The second-order valence-electron chi connectivity index (χ2n) is 1.22. The van der Waals surface area contributed by atoms with Gasteiger partial charge in [-0.2, -0.15) is 5.10 Å². The van der Waals surface area contributed by atoms with Crippen molar-refractivity contribution in [3.8, 4) is 0 Å². The minimum atomic E-state index is 0.447. The highest BCUT2D eigenvalue weighted by Gasteiger charge is 1.82. The van der Waals surface area contributed by atoms with Crippen LogP contribution in [-0.4, -0.2) is 9.78 Å². The van der Waals surface area contributed by atoms with Crippen LogP contribution in [0.4, 0.5) is 0 Å². The van der Waals surface area contributed by atoms with E-state index in [9.17, 15) is 0 Å². The number of hydrogen-bond donors (Lipinski definition) is 0. The van der Waals surface area contributed by atoms with E-state index in [1.807, 2.05) is 0 Å². The van der Waals surface area contributed by atoms with Crippen LogP contribution in [0.1, 0.15) is 5.69 Å². The van der Waals surface area contributed by atoms with Gasteiger partial charge in [-0.25, -0.2) is 0 Å². The van der Waals surface area contributed by atoms with Gasteiger partial charge >= 0.3 is 0 Å². The topological polar surface area (TPSA) is 17.8 Å². The fraction of sp³-hybridized carbons (Fsp3) is 0. The van der Waals surface area contributed by atoms with Crippen LogP contribution in [0.25, 0.3) is 0 Å². The molecule has 2 nitrogen and oxygen atoms in total. The van der Waals surface area contributed by atoms with E-state index in [1.54, 1.807) is 12.3 Å². The predicted molar refractivity (Wildman–Crippen MR) is 25.3 cm³/mol. The standard InChI is InChI=1S/C5H4N2/c1-5-3-4-7(2)6-5/h1-4H. The predicted octanol–water partition coefficient (Wildman–Crippen LogP) is 0.459. The summed E-state index contributed by atoms with van der Waals surface area (Å²) in [5, 5.41) is 3.58. The molecule has 0 aliphatic rings. The summed E-state index contributed by atoms with van der Waals surface area (Å²) >= 11 is 0. The lowest BCUT2D eigenvalue weighted by atomic mass is 10.5. The van der Waals surface area contributed by atoms with Crippen molar-refractivity contribution in [1.82, 2.24) is 9.78 Å². The molecule has 1 heterocycles. The average molecular weight is 92.1 g/mol. The van der Waals surface area contributed by atoms with Gasteiger partial charge in [0.25, 0.3) is 0 Å². The van der Waals surface area contributed by atoms with Gasteiger partial charge in [-0.1, -0.05) is 0 Å². The minimum Gasteiger partial charge on any atom is -0.265 e. The van der Waals surface area contributed by atoms with E-state index in [0.717, 1.165) is 4.68 Å². The first kappa shape index (κ1) is 4.37. The van der Waals surface area contributed by atoms with Crippen molar-refractivity contribution in [2.75, 3.05) is 0 Å². The Bertz CT molecular complexity index is 138. The van der Waals surface area contributed by atoms with Crippen LogP contribution in [0.5, 0.6) is 0 Å². The van der Waals surface area contributed by atoms with Gasteiger partial charge < -0.3 is 0 Å². The Morgan fingerprint density at radius 3 is 2.57 bits per heavy atom. The van der Waals surface area contributed by atoms with Crippen molar-refractivity contribution in [2.45, 2.75) is 0 Å². The summed E-state index contributed by atoms with van der Waals surface area (Å²) in [6.07, 6.45) is 1.58. The van der Waals surface area contributed by atoms with E-state index in [2.05, 4.69) is 5.10 Å². The zero-order chi connectivity index (χ0) is 5.28. The van der Waals surface area contributed by atoms with Crippen LogP contribution in [0.2, 0.25) is 0 Å². The zero-order valence-electron chi connectivity index (χ0n) is 3.70. The molecule has 0 saturated carbocycles. The van der Waals surface area contributed by atoms with Crippen LogP contribution in [-0.2, 0) is 0 Å². The van der Waals surface area contributed by atoms with E-state index in [0.29, 0.717) is 5.69 Å². The number of rotatable bonds is 0. The lowest BCUT2D eigenvalue weighted by Crippen LogP contribution is -1.83. The summed E-state index contributed by atoms with van der Waals surface area (Å²) in [7, 11) is 5.10. The van der Waals surface area contributed by atoms with Crippen molar-refractivity contribution in [3.63, 3.8) is 0 Å². The molecule has 0 unspecified atom stereocenters. The SMILES string of the molecule is [CH]c1ccn([CH])n1. The Morgan fingerprint density at radius 1 is 1.71 bits per heavy atom. The van der Waals surface area contributed by atoms with Crippen molar-refractivity contribution >= 4 is 0 Å². The van der Waals surface area contributed by atoms with E-state index >= 15 is 0 Å². The average Bonchev–Trinajstić information content (AvgIpc) is 1.87. The molecule has 1 rings (SSSR count). The molecule has 7 heavy (non-hydrogen) atoms. The molecule has 0 aliphatic carbocycles. The van der Waals surface area contributed by atoms with Crippen LogP contribution in [0, 0.1) is 14.0 Å². The molecule has 1 aromatic heterocycles. The first-order chi connectivity index (χ1) is 3.29. The third-order valence-corrected chi connectivity index (χ3v) is 0.629. The highest BCUT2D eigenvalue weighted by atomic mass is 15.2. The molecule has 34 valence electrons. The monoisotopic (exact) mass is 92.0 g/mol. The van der Waals surface area contributed by atoms with E-state index in [4.69, 9.17) is 14.0 Å². The maximum absolute atomic E-state index is 5.17. The van der Waals surface area contributed by atoms with Gasteiger partial charge in [0.2, 0.25) is 0 Å². The lowest BCUT2D eigenvalue weighted by Gasteiger charge is -1.78. The highest BCUT2D eigenvalue weighted by molar-refractivity contribution is 5.01. The Balaban J connectivity index is 3.04. The Labute approximate surface area is 42.8 Å². The summed E-state index contributed by atoms with van der Waals surface area (Å²) in [6.45, 7) is 5.17. The molecule has 0 spiro atoms. The van der Waals surface area contributed by atoms with Crippen molar-refractivity contribution in [2.24, 2.45) is 0 Å². The normalized spacial score (nSPS) is 9.43. The fourth-order valence-corrected chi connectivity index (χ4v) is 0.353. The molecule has 0 aromatic carbocycles. The van der Waals surface area contributed by atoms with Crippen LogP contribution in [0.3, 0.4) is 0 Å². The van der Waals surface area contributed by atoms with Crippen molar-refractivity contribution < 1.29 is 0 Å². The largest absolute Gasteiger partial charge is 0.265 e. The van der Waals surface area contributed by atoms with Gasteiger partial charge in [0.1, 0.15) is 7.05 Å². The third kappa shape index (κ3) is 0.796. The van der Waals surface area contributed by atoms with Gasteiger partial charge in [-0.3, -0.25) is 4.68 Å². The third-order valence-electron chi connectivity index (χ3n) is 0.629. The highest BCUT2D eigenvalue weighted by Crippen LogP contribution is 1.87. The zero-order valence-corrected chi connectivity index (χ0v) is 3.70. The molecular weight excluding hydrogens is 88.1 g/mol. The van der Waals surface area contributed by atoms with E-state index < -0.39 is 0 Å². The molecule has 1 aromatic rings. The van der Waals surface area contributed by atoms with Crippen molar-refractivity contribution in [3.05, 3.63) is 31.9 Å². The lowest BCUT2D eigenvalue weighted by molar-refractivity contribution is 0.868. The first-order valence-electron chi connectivity index (χ1n) is 1.85. The quantitative estimate of drug-likeness (QED) is 0.454. The number of nitrogens with zero attached hydrogens (tertiary/aromatic N) is 2. The molecule has 0 fully saturated rings. The molecule has 2 heteroatoms. The Kier molecular flexibility index (Phi) is 0.855. The Morgan fingerprint density at radius 2 is 2.43 bits per heavy atom. The molecular formula is C5H4N2. The van der Waals surface area contributed by atoms with Crippen molar-refractivity contribution in [1.29, 1.82) is 0 Å². The molecule has 0 saturated heterocycles. The summed E-state index contributed by atoms with van der Waals surface area (Å²) in [5.41, 5.74) is 0.447. The maximum atomic E-state index is 5.17. The molecule has 0 atom stereocenters. The van der Waals surface area contributed by atoms with Gasteiger partial charge in [0.05, 0.1) is 5.69 Å². The van der Waals surface area contributed by atoms with Crippen LogP contribution >= 0.6 is 0 Å². The summed E-state index contributed by atoms with van der Waals surface area (Å²) < 4.78 is 1.16. The minimum absolute atomic E-state index is 0.447. The van der Waals surface area contributed by atoms with Gasteiger partial charge in [-0.15, -0.1) is 0 Å².